The Labute approximate surface area is 238 Å². The van der Waals surface area contributed by atoms with Crippen LogP contribution < -0.4 is 18.9 Å². The molecule has 3 atom stereocenters. The third-order valence-electron chi connectivity index (χ3n) is 9.14. The smallest absolute Gasteiger partial charge is 0.241 e. The number of hydrogen-bond acceptors (Lipinski definition) is 5. The minimum absolute atomic E-state index is 0.126. The molecule has 0 aliphatic carbocycles. The van der Waals surface area contributed by atoms with Crippen LogP contribution in [0.2, 0.25) is 0 Å². The summed E-state index contributed by atoms with van der Waals surface area (Å²) >= 11 is 0. The second kappa shape index (κ2) is 11.8. The zero-order valence-electron chi connectivity index (χ0n) is 24.8. The highest BCUT2D eigenvalue weighted by atomic mass is 16.7. The summed E-state index contributed by atoms with van der Waals surface area (Å²) in [5, 5.41) is 0. The maximum atomic E-state index is 13.9. The Balaban J connectivity index is 1.37. The number of anilines is 1. The zero-order valence-corrected chi connectivity index (χ0v) is 24.8. The molecule has 0 unspecified atom stereocenters. The number of likely N-dealkylation sites (tertiary alicyclic amines) is 2. The molecule has 5 rings (SSSR count). The lowest BCUT2D eigenvalue weighted by atomic mass is 9.85. The summed E-state index contributed by atoms with van der Waals surface area (Å²) in [4.78, 5) is 33.2. The Morgan fingerprint density at radius 2 is 2.00 bits per heavy atom. The van der Waals surface area contributed by atoms with Gasteiger partial charge in [-0.25, -0.2) is 4.57 Å². The van der Waals surface area contributed by atoms with Gasteiger partial charge in [0.15, 0.2) is 23.9 Å². The lowest BCUT2D eigenvalue weighted by molar-refractivity contribution is -0.670. The Bertz CT molecular complexity index is 1230. The summed E-state index contributed by atoms with van der Waals surface area (Å²) in [5.74, 6) is 2.53. The highest BCUT2D eigenvalue weighted by Gasteiger charge is 2.43. The number of carbonyl (C=O) groups excluding carboxylic acids is 2. The van der Waals surface area contributed by atoms with E-state index in [1.54, 1.807) is 0 Å². The number of nitrogens with zero attached hydrogens (tertiary/aromatic N) is 4. The van der Waals surface area contributed by atoms with Crippen LogP contribution in [-0.2, 0) is 16.6 Å². The largest absolute Gasteiger partial charge is 0.454 e. The van der Waals surface area contributed by atoms with E-state index in [1.807, 2.05) is 65.9 Å². The molecule has 0 saturated carbocycles. The number of aryl methyl sites for hydroxylation is 1. The molecule has 1 aromatic heterocycles. The molecule has 0 bridgehead atoms. The van der Waals surface area contributed by atoms with E-state index in [0.717, 1.165) is 62.5 Å². The number of amides is 2. The van der Waals surface area contributed by atoms with E-state index in [9.17, 15) is 9.59 Å². The van der Waals surface area contributed by atoms with Gasteiger partial charge in [0.05, 0.1) is 6.54 Å². The van der Waals surface area contributed by atoms with Crippen LogP contribution >= 0.6 is 0 Å². The van der Waals surface area contributed by atoms with Gasteiger partial charge in [-0.15, -0.1) is 0 Å². The van der Waals surface area contributed by atoms with Crippen LogP contribution in [0, 0.1) is 11.3 Å². The number of hydrogen-bond donors (Lipinski definition) is 0. The first-order valence-electron chi connectivity index (χ1n) is 14.9. The van der Waals surface area contributed by atoms with Crippen molar-refractivity contribution < 1.29 is 23.6 Å². The Morgan fingerprint density at radius 3 is 2.73 bits per heavy atom. The standard InChI is InChI=1S/C32H45N4O4/c1-6-7-15-36(25-9-8-14-33(5)19-25)30(37)21-35-20-26(24-10-11-28-29(18-24)40-22-39-28)23(2)27(35)12-16-34-17-13-32(3,4)31(34)38/h8-11,14,18-19,23,26-27H,6-7,12-13,15-17,20-22H2,1-5H3/q+1/t23-,26+,27+/m1/s1. The zero-order chi connectivity index (χ0) is 28.4. The number of aromatic nitrogens is 1. The van der Waals surface area contributed by atoms with Gasteiger partial charge in [0, 0.05) is 49.6 Å². The van der Waals surface area contributed by atoms with Crippen molar-refractivity contribution in [3.8, 4) is 11.5 Å². The molecule has 0 N–H and O–H groups in total. The molecule has 8 heteroatoms. The summed E-state index contributed by atoms with van der Waals surface area (Å²) < 4.78 is 13.2. The van der Waals surface area contributed by atoms with Crippen LogP contribution in [0.4, 0.5) is 5.69 Å². The Kier molecular flexibility index (Phi) is 8.36. The number of ether oxygens (including phenoxy) is 2. The topological polar surface area (TPSA) is 66.2 Å². The number of carbonyl (C=O) groups is 2. The van der Waals surface area contributed by atoms with Gasteiger partial charge in [-0.05, 0) is 48.9 Å². The second-order valence-electron chi connectivity index (χ2n) is 12.4. The molecular weight excluding hydrogens is 504 g/mol. The lowest BCUT2D eigenvalue weighted by Crippen LogP contribution is -2.45. The van der Waals surface area contributed by atoms with Crippen LogP contribution in [-0.4, -0.2) is 67.2 Å². The number of rotatable bonds is 10. The molecule has 40 heavy (non-hydrogen) atoms. The first-order valence-corrected chi connectivity index (χ1v) is 14.9. The average Bonchev–Trinajstić information content (AvgIpc) is 3.59. The second-order valence-corrected chi connectivity index (χ2v) is 12.4. The van der Waals surface area contributed by atoms with Gasteiger partial charge in [0.25, 0.3) is 0 Å². The van der Waals surface area contributed by atoms with Crippen molar-refractivity contribution in [2.75, 3.05) is 44.4 Å². The van der Waals surface area contributed by atoms with Gasteiger partial charge in [-0.1, -0.05) is 40.2 Å². The molecule has 216 valence electrons. The van der Waals surface area contributed by atoms with Crippen LogP contribution in [0.15, 0.2) is 42.7 Å². The van der Waals surface area contributed by atoms with E-state index in [-0.39, 0.29) is 36.0 Å². The van der Waals surface area contributed by atoms with Gasteiger partial charge in [-0.2, -0.15) is 0 Å². The van der Waals surface area contributed by atoms with Gasteiger partial charge < -0.3 is 19.3 Å². The van der Waals surface area contributed by atoms with Gasteiger partial charge in [-0.3, -0.25) is 14.5 Å². The van der Waals surface area contributed by atoms with Crippen molar-refractivity contribution >= 4 is 17.5 Å². The van der Waals surface area contributed by atoms with E-state index in [4.69, 9.17) is 9.47 Å². The predicted octanol–water partition coefficient (Wildman–Crippen LogP) is 4.13. The Hall–Kier alpha value is -3.13. The summed E-state index contributed by atoms with van der Waals surface area (Å²) in [6.07, 6.45) is 7.74. The SMILES string of the molecule is CCCCN(C(=O)CN1C[C@H](c2ccc3c(c2)OCO3)[C@@H](C)[C@@H]1CCN1CCC(C)(C)C1=O)c1ccc[n+](C)c1. The minimum Gasteiger partial charge on any atom is -0.454 e. The third kappa shape index (κ3) is 5.82. The van der Waals surface area contributed by atoms with Gasteiger partial charge in [0.2, 0.25) is 18.6 Å². The molecule has 2 saturated heterocycles. The fraction of sp³-hybridized carbons (Fsp3) is 0.594. The van der Waals surface area contributed by atoms with E-state index in [1.165, 1.54) is 5.56 Å². The average molecular weight is 550 g/mol. The molecule has 1 aromatic carbocycles. The molecule has 0 spiro atoms. The molecular formula is C32H45N4O4+. The van der Waals surface area contributed by atoms with Crippen molar-refractivity contribution in [3.05, 3.63) is 48.3 Å². The summed E-state index contributed by atoms with van der Waals surface area (Å²) in [7, 11) is 1.99. The third-order valence-corrected chi connectivity index (χ3v) is 9.14. The molecule has 2 amide bonds. The minimum atomic E-state index is -0.280. The molecule has 3 aliphatic heterocycles. The van der Waals surface area contributed by atoms with Crippen LogP contribution in [0.3, 0.4) is 0 Å². The van der Waals surface area contributed by atoms with Crippen LogP contribution in [0.1, 0.15) is 64.9 Å². The quantitative estimate of drug-likeness (QED) is 0.417. The van der Waals surface area contributed by atoms with Crippen molar-refractivity contribution in [2.24, 2.45) is 18.4 Å². The first kappa shape index (κ1) is 28.4. The van der Waals surface area contributed by atoms with Gasteiger partial charge in [0.1, 0.15) is 12.7 Å². The first-order chi connectivity index (χ1) is 19.2. The number of unbranched alkanes of at least 4 members (excludes halogenated alkanes) is 1. The number of benzene rings is 1. The highest BCUT2D eigenvalue weighted by molar-refractivity contribution is 5.94. The van der Waals surface area contributed by atoms with Crippen molar-refractivity contribution in [1.29, 1.82) is 0 Å². The van der Waals surface area contributed by atoms with Gasteiger partial charge >= 0.3 is 0 Å². The van der Waals surface area contributed by atoms with E-state index in [0.29, 0.717) is 19.0 Å². The maximum absolute atomic E-state index is 13.9. The summed E-state index contributed by atoms with van der Waals surface area (Å²) in [6.45, 7) is 12.2. The van der Waals surface area contributed by atoms with Crippen LogP contribution in [0.25, 0.3) is 0 Å². The molecule has 4 heterocycles. The fourth-order valence-corrected chi connectivity index (χ4v) is 6.59. The number of pyridine rings is 1. The van der Waals surface area contributed by atoms with Crippen molar-refractivity contribution in [1.82, 2.24) is 9.80 Å². The monoisotopic (exact) mass is 549 g/mol. The normalized spacial score (nSPS) is 23.7. The molecule has 8 nitrogen and oxygen atoms in total. The number of fused-ring (bicyclic) bond motifs is 1. The summed E-state index contributed by atoms with van der Waals surface area (Å²) in [6, 6.07) is 10.5. The predicted molar refractivity (Wildman–Crippen MR) is 154 cm³/mol. The molecule has 2 aromatic rings. The van der Waals surface area contributed by atoms with Crippen LogP contribution in [0.5, 0.6) is 11.5 Å². The van der Waals surface area contributed by atoms with E-state index >= 15 is 0 Å². The van der Waals surface area contributed by atoms with E-state index < -0.39 is 0 Å². The molecule has 3 aliphatic rings. The lowest BCUT2D eigenvalue weighted by Gasteiger charge is -2.31. The van der Waals surface area contributed by atoms with E-state index in [2.05, 4.69) is 30.9 Å². The maximum Gasteiger partial charge on any atom is 0.241 e. The van der Waals surface area contributed by atoms with Crippen molar-refractivity contribution in [3.63, 3.8) is 0 Å². The molecule has 2 fully saturated rings. The highest BCUT2D eigenvalue weighted by Crippen LogP contribution is 2.42. The fourth-order valence-electron chi connectivity index (χ4n) is 6.59. The Morgan fingerprint density at radius 1 is 1.20 bits per heavy atom. The molecule has 0 radical (unpaired) electrons. The van der Waals surface area contributed by atoms with Crippen molar-refractivity contribution in [2.45, 2.75) is 65.3 Å². The summed E-state index contributed by atoms with van der Waals surface area (Å²) in [5.41, 5.74) is 1.87.